The van der Waals surface area contributed by atoms with Gasteiger partial charge >= 0.3 is 0 Å². The Morgan fingerprint density at radius 1 is 1.32 bits per heavy atom. The highest BCUT2D eigenvalue weighted by Crippen LogP contribution is 2.43. The third kappa shape index (κ3) is 1.93. The lowest BCUT2D eigenvalue weighted by molar-refractivity contribution is 0.303. The SMILES string of the molecule is Cc1cc2sc3nc(CC4(C)CCCC4)oc3c2s1. The van der Waals surface area contributed by atoms with Crippen molar-refractivity contribution in [2.75, 3.05) is 0 Å². The molecule has 1 fully saturated rings. The van der Waals surface area contributed by atoms with E-state index < -0.39 is 0 Å². The third-order valence-electron chi connectivity index (χ3n) is 4.26. The van der Waals surface area contributed by atoms with Gasteiger partial charge in [0.1, 0.15) is 0 Å². The molecule has 0 aromatic carbocycles. The number of nitrogens with zero attached hydrogens (tertiary/aromatic N) is 1. The van der Waals surface area contributed by atoms with Crippen LogP contribution in [-0.4, -0.2) is 4.98 Å². The topological polar surface area (TPSA) is 26.0 Å². The molecule has 0 bridgehead atoms. The molecule has 0 spiro atoms. The highest BCUT2D eigenvalue weighted by Gasteiger charge is 2.31. The fourth-order valence-electron chi connectivity index (χ4n) is 3.24. The van der Waals surface area contributed by atoms with Crippen molar-refractivity contribution in [3.8, 4) is 0 Å². The second-order valence-corrected chi connectivity index (χ2v) is 8.38. The summed E-state index contributed by atoms with van der Waals surface area (Å²) in [6.07, 6.45) is 6.35. The van der Waals surface area contributed by atoms with Crippen molar-refractivity contribution in [1.29, 1.82) is 0 Å². The zero-order valence-corrected chi connectivity index (χ0v) is 12.9. The second kappa shape index (κ2) is 4.06. The average molecular weight is 291 g/mol. The van der Waals surface area contributed by atoms with E-state index in [-0.39, 0.29) is 0 Å². The van der Waals surface area contributed by atoms with Gasteiger partial charge in [0.2, 0.25) is 0 Å². The number of hydrogen-bond acceptors (Lipinski definition) is 4. The van der Waals surface area contributed by atoms with Gasteiger partial charge in [0.25, 0.3) is 0 Å². The summed E-state index contributed by atoms with van der Waals surface area (Å²) in [5, 5.41) is 0. The first kappa shape index (κ1) is 11.9. The molecule has 0 unspecified atom stereocenters. The van der Waals surface area contributed by atoms with Gasteiger partial charge in [0.15, 0.2) is 16.3 Å². The van der Waals surface area contributed by atoms with Crippen molar-refractivity contribution in [3.05, 3.63) is 16.8 Å². The second-order valence-electron chi connectivity index (χ2n) is 6.09. The Hall–Kier alpha value is -0.870. The summed E-state index contributed by atoms with van der Waals surface area (Å²) >= 11 is 3.59. The Morgan fingerprint density at radius 3 is 2.89 bits per heavy atom. The Kier molecular flexibility index (Phi) is 2.55. The van der Waals surface area contributed by atoms with Gasteiger partial charge in [-0.3, -0.25) is 0 Å². The Balaban J connectivity index is 1.75. The van der Waals surface area contributed by atoms with Crippen LogP contribution in [0.15, 0.2) is 10.5 Å². The number of aryl methyl sites for hydroxylation is 1. The highest BCUT2D eigenvalue weighted by molar-refractivity contribution is 7.32. The fourth-order valence-corrected chi connectivity index (χ4v) is 5.53. The summed E-state index contributed by atoms with van der Waals surface area (Å²) in [6.45, 7) is 4.53. The van der Waals surface area contributed by atoms with E-state index in [0.717, 1.165) is 22.7 Å². The molecule has 3 heterocycles. The van der Waals surface area contributed by atoms with Crippen molar-refractivity contribution >= 4 is 42.5 Å². The van der Waals surface area contributed by atoms with Crippen LogP contribution in [0.3, 0.4) is 0 Å². The fraction of sp³-hybridized carbons (Fsp3) is 0.533. The Labute approximate surface area is 120 Å². The minimum atomic E-state index is 0.414. The molecule has 0 aliphatic heterocycles. The molecule has 3 aromatic heterocycles. The van der Waals surface area contributed by atoms with Gasteiger partial charge in [0.05, 0.1) is 9.40 Å². The minimum Gasteiger partial charge on any atom is -0.438 e. The van der Waals surface area contributed by atoms with Crippen LogP contribution >= 0.6 is 22.7 Å². The average Bonchev–Trinajstić information content (AvgIpc) is 3.03. The van der Waals surface area contributed by atoms with Gasteiger partial charge in [-0.15, -0.1) is 22.7 Å². The maximum absolute atomic E-state index is 6.07. The van der Waals surface area contributed by atoms with E-state index in [1.54, 1.807) is 11.3 Å². The predicted molar refractivity (Wildman–Crippen MR) is 82.3 cm³/mol. The van der Waals surface area contributed by atoms with E-state index in [1.165, 1.54) is 40.0 Å². The molecule has 3 aromatic rings. The van der Waals surface area contributed by atoms with Gasteiger partial charge in [-0.25, -0.2) is 4.98 Å². The summed E-state index contributed by atoms with van der Waals surface area (Å²) in [5.74, 6) is 0.943. The monoisotopic (exact) mass is 291 g/mol. The molecule has 2 nitrogen and oxygen atoms in total. The molecule has 0 saturated heterocycles. The van der Waals surface area contributed by atoms with Crippen LogP contribution in [0.4, 0.5) is 0 Å². The summed E-state index contributed by atoms with van der Waals surface area (Å²) in [6, 6.07) is 2.24. The molecule has 0 amide bonds. The van der Waals surface area contributed by atoms with Crippen molar-refractivity contribution in [2.24, 2.45) is 5.41 Å². The normalized spacial score (nSPS) is 18.8. The first-order chi connectivity index (χ1) is 9.13. The van der Waals surface area contributed by atoms with Crippen LogP contribution in [0.5, 0.6) is 0 Å². The quantitative estimate of drug-likeness (QED) is 0.620. The van der Waals surface area contributed by atoms with Crippen LogP contribution in [-0.2, 0) is 6.42 Å². The van der Waals surface area contributed by atoms with Gasteiger partial charge in [-0.2, -0.15) is 0 Å². The van der Waals surface area contributed by atoms with E-state index in [2.05, 4.69) is 19.9 Å². The van der Waals surface area contributed by atoms with Crippen LogP contribution in [0.1, 0.15) is 43.4 Å². The van der Waals surface area contributed by atoms with Crippen molar-refractivity contribution in [2.45, 2.75) is 46.0 Å². The molecule has 19 heavy (non-hydrogen) atoms. The summed E-state index contributed by atoms with van der Waals surface area (Å²) in [4.78, 5) is 7.15. The molecule has 4 rings (SSSR count). The molecule has 0 radical (unpaired) electrons. The lowest BCUT2D eigenvalue weighted by atomic mass is 9.85. The van der Waals surface area contributed by atoms with Crippen LogP contribution < -0.4 is 0 Å². The highest BCUT2D eigenvalue weighted by atomic mass is 32.1. The van der Waals surface area contributed by atoms with Crippen molar-refractivity contribution in [3.63, 3.8) is 0 Å². The smallest absolute Gasteiger partial charge is 0.196 e. The maximum Gasteiger partial charge on any atom is 0.196 e. The largest absolute Gasteiger partial charge is 0.438 e. The Morgan fingerprint density at radius 2 is 2.11 bits per heavy atom. The maximum atomic E-state index is 6.07. The van der Waals surface area contributed by atoms with E-state index in [1.807, 2.05) is 11.3 Å². The number of rotatable bonds is 2. The van der Waals surface area contributed by atoms with E-state index in [0.29, 0.717) is 5.41 Å². The number of oxazole rings is 1. The summed E-state index contributed by atoms with van der Waals surface area (Å²) < 4.78 is 8.68. The Bertz CT molecular complexity index is 743. The van der Waals surface area contributed by atoms with Crippen LogP contribution in [0.25, 0.3) is 19.8 Å². The zero-order chi connectivity index (χ0) is 13.0. The van der Waals surface area contributed by atoms with Gasteiger partial charge in [-0.1, -0.05) is 19.8 Å². The summed E-state index contributed by atoms with van der Waals surface area (Å²) in [7, 11) is 0. The molecule has 1 aliphatic rings. The van der Waals surface area contributed by atoms with Crippen molar-refractivity contribution < 1.29 is 4.42 Å². The third-order valence-corrected chi connectivity index (χ3v) is 6.45. The molecular formula is C15H17NOS2. The van der Waals surface area contributed by atoms with Crippen LogP contribution in [0, 0.1) is 12.3 Å². The molecular weight excluding hydrogens is 274 g/mol. The lowest BCUT2D eigenvalue weighted by Crippen LogP contribution is -2.14. The van der Waals surface area contributed by atoms with E-state index in [4.69, 9.17) is 9.40 Å². The lowest BCUT2D eigenvalue weighted by Gasteiger charge is -2.20. The zero-order valence-electron chi connectivity index (χ0n) is 11.3. The number of thiophene rings is 2. The molecule has 1 saturated carbocycles. The van der Waals surface area contributed by atoms with E-state index in [9.17, 15) is 0 Å². The number of fused-ring (bicyclic) bond motifs is 3. The minimum absolute atomic E-state index is 0.414. The standard InChI is InChI=1S/C15H17NOS2/c1-9-7-10-13(18-9)12-14(19-10)16-11(17-12)8-15(2)5-3-4-6-15/h7H,3-6,8H2,1-2H3. The first-order valence-corrected chi connectivity index (χ1v) is 8.55. The van der Waals surface area contributed by atoms with Gasteiger partial charge in [-0.05, 0) is 31.2 Å². The predicted octanol–water partition coefficient (Wildman–Crippen LogP) is 5.54. The number of hydrogen-bond donors (Lipinski definition) is 0. The molecule has 1 aliphatic carbocycles. The van der Waals surface area contributed by atoms with Crippen molar-refractivity contribution in [1.82, 2.24) is 4.98 Å². The molecule has 100 valence electrons. The molecule has 0 atom stereocenters. The van der Waals surface area contributed by atoms with Gasteiger partial charge < -0.3 is 4.42 Å². The van der Waals surface area contributed by atoms with Crippen LogP contribution in [0.2, 0.25) is 0 Å². The van der Waals surface area contributed by atoms with E-state index >= 15 is 0 Å². The molecule has 0 N–H and O–H groups in total. The molecule has 4 heteroatoms. The first-order valence-electron chi connectivity index (χ1n) is 6.91. The number of aromatic nitrogens is 1. The van der Waals surface area contributed by atoms with Gasteiger partial charge in [0, 0.05) is 11.3 Å². The summed E-state index contributed by atoms with van der Waals surface area (Å²) in [5.41, 5.74) is 1.44.